The number of aromatic nitrogens is 1. The van der Waals surface area contributed by atoms with Crippen molar-refractivity contribution in [2.75, 3.05) is 37.6 Å². The standard InChI is InChI=1S/C27H28N4O3/c32-25(12-2-1-7-15-31-26(33)21-9-4-5-10-22(21)27(31)34)30-18-16-29(17-19-30)24-14-13-20-8-3-6-11-23(20)28-24/h3-6,8-11,13-14H,1-2,7,12,15-19H2. The lowest BCUT2D eigenvalue weighted by molar-refractivity contribution is -0.131. The maximum Gasteiger partial charge on any atom is 0.261 e. The maximum atomic E-state index is 12.7. The quantitative estimate of drug-likeness (QED) is 0.400. The fourth-order valence-electron chi connectivity index (χ4n) is 4.74. The Balaban J connectivity index is 1.03. The van der Waals surface area contributed by atoms with E-state index >= 15 is 0 Å². The predicted octanol–water partition coefficient (Wildman–Crippen LogP) is 3.74. The summed E-state index contributed by atoms with van der Waals surface area (Å²) in [6, 6.07) is 19.2. The monoisotopic (exact) mass is 456 g/mol. The zero-order chi connectivity index (χ0) is 23.5. The second-order valence-electron chi connectivity index (χ2n) is 8.85. The number of pyridine rings is 1. The Morgan fingerprint density at radius 1 is 0.765 bits per heavy atom. The topological polar surface area (TPSA) is 73.8 Å². The molecule has 0 atom stereocenters. The summed E-state index contributed by atoms with van der Waals surface area (Å²) in [5.74, 6) is 0.705. The molecule has 2 aliphatic rings. The Labute approximate surface area is 199 Å². The summed E-state index contributed by atoms with van der Waals surface area (Å²) >= 11 is 0. The molecule has 2 aliphatic heterocycles. The lowest BCUT2D eigenvalue weighted by Gasteiger charge is -2.35. The fourth-order valence-corrected chi connectivity index (χ4v) is 4.74. The molecule has 0 aliphatic carbocycles. The largest absolute Gasteiger partial charge is 0.353 e. The first-order valence-electron chi connectivity index (χ1n) is 12.0. The molecule has 0 bridgehead atoms. The van der Waals surface area contributed by atoms with Crippen molar-refractivity contribution in [3.05, 3.63) is 71.8 Å². The van der Waals surface area contributed by atoms with Gasteiger partial charge in [0.25, 0.3) is 11.8 Å². The third-order valence-electron chi connectivity index (χ3n) is 6.69. The third kappa shape index (κ3) is 4.38. The molecule has 2 aromatic carbocycles. The number of nitrogens with zero attached hydrogens (tertiary/aromatic N) is 4. The van der Waals surface area contributed by atoms with Gasteiger partial charge in [-0.05, 0) is 43.2 Å². The van der Waals surface area contributed by atoms with E-state index < -0.39 is 0 Å². The van der Waals surface area contributed by atoms with Crippen LogP contribution < -0.4 is 4.90 Å². The van der Waals surface area contributed by atoms with Crippen molar-refractivity contribution in [3.63, 3.8) is 0 Å². The molecule has 0 radical (unpaired) electrons. The van der Waals surface area contributed by atoms with Crippen molar-refractivity contribution in [2.45, 2.75) is 25.7 Å². The number of carbonyl (C=O) groups excluding carboxylic acids is 3. The number of imide groups is 1. The van der Waals surface area contributed by atoms with E-state index in [1.807, 2.05) is 29.2 Å². The van der Waals surface area contributed by atoms with Gasteiger partial charge in [-0.2, -0.15) is 0 Å². The molecule has 0 unspecified atom stereocenters. The van der Waals surface area contributed by atoms with Crippen LogP contribution in [0.3, 0.4) is 0 Å². The van der Waals surface area contributed by atoms with Crippen LogP contribution >= 0.6 is 0 Å². The van der Waals surface area contributed by atoms with Crippen molar-refractivity contribution >= 4 is 34.4 Å². The summed E-state index contributed by atoms with van der Waals surface area (Å²) in [5, 5.41) is 1.13. The van der Waals surface area contributed by atoms with Gasteiger partial charge in [0.15, 0.2) is 0 Å². The van der Waals surface area contributed by atoms with E-state index in [2.05, 4.69) is 17.0 Å². The Morgan fingerprint density at radius 3 is 2.18 bits per heavy atom. The molecule has 1 aromatic heterocycles. The molecule has 3 aromatic rings. The fraction of sp³-hybridized carbons (Fsp3) is 0.333. The van der Waals surface area contributed by atoms with Gasteiger partial charge in [-0.1, -0.05) is 36.8 Å². The molecule has 3 heterocycles. The number of para-hydroxylation sites is 1. The van der Waals surface area contributed by atoms with Crippen LogP contribution in [0.4, 0.5) is 5.82 Å². The number of benzene rings is 2. The van der Waals surface area contributed by atoms with Gasteiger partial charge in [0.1, 0.15) is 5.82 Å². The second-order valence-corrected chi connectivity index (χ2v) is 8.85. The van der Waals surface area contributed by atoms with Crippen molar-refractivity contribution in [1.29, 1.82) is 0 Å². The van der Waals surface area contributed by atoms with E-state index in [4.69, 9.17) is 4.98 Å². The van der Waals surface area contributed by atoms with Crippen LogP contribution in [0, 0.1) is 0 Å². The number of anilines is 1. The van der Waals surface area contributed by atoms with E-state index in [0.29, 0.717) is 43.6 Å². The first kappa shape index (κ1) is 22.1. The van der Waals surface area contributed by atoms with Crippen molar-refractivity contribution < 1.29 is 14.4 Å². The molecule has 34 heavy (non-hydrogen) atoms. The van der Waals surface area contributed by atoms with Crippen LogP contribution in [0.25, 0.3) is 10.9 Å². The van der Waals surface area contributed by atoms with Gasteiger partial charge < -0.3 is 9.80 Å². The third-order valence-corrected chi connectivity index (χ3v) is 6.69. The average molecular weight is 457 g/mol. The van der Waals surface area contributed by atoms with Crippen LogP contribution in [0.1, 0.15) is 46.4 Å². The summed E-state index contributed by atoms with van der Waals surface area (Å²) in [4.78, 5) is 47.8. The average Bonchev–Trinajstić information content (AvgIpc) is 3.13. The Morgan fingerprint density at radius 2 is 1.44 bits per heavy atom. The molecule has 0 N–H and O–H groups in total. The number of hydrogen-bond donors (Lipinski definition) is 0. The summed E-state index contributed by atoms with van der Waals surface area (Å²) in [7, 11) is 0. The summed E-state index contributed by atoms with van der Waals surface area (Å²) < 4.78 is 0. The summed E-state index contributed by atoms with van der Waals surface area (Å²) in [6.07, 6.45) is 2.77. The van der Waals surface area contributed by atoms with E-state index in [-0.39, 0.29) is 17.7 Å². The van der Waals surface area contributed by atoms with Crippen LogP contribution in [0.15, 0.2) is 60.7 Å². The zero-order valence-corrected chi connectivity index (χ0v) is 19.2. The molecule has 1 saturated heterocycles. The lowest BCUT2D eigenvalue weighted by Crippen LogP contribution is -2.49. The number of fused-ring (bicyclic) bond motifs is 2. The molecular formula is C27H28N4O3. The van der Waals surface area contributed by atoms with Crippen molar-refractivity contribution in [2.24, 2.45) is 0 Å². The Bertz CT molecular complexity index is 1200. The van der Waals surface area contributed by atoms with Crippen LogP contribution in [-0.4, -0.2) is 65.2 Å². The van der Waals surface area contributed by atoms with Crippen LogP contribution in [0.5, 0.6) is 0 Å². The molecule has 7 nitrogen and oxygen atoms in total. The Hall–Kier alpha value is -3.74. The van der Waals surface area contributed by atoms with Gasteiger partial charge in [-0.25, -0.2) is 4.98 Å². The number of unbranched alkanes of at least 4 members (excludes halogenated alkanes) is 2. The minimum Gasteiger partial charge on any atom is -0.353 e. The van der Waals surface area contributed by atoms with Crippen LogP contribution in [-0.2, 0) is 4.79 Å². The normalized spacial score (nSPS) is 15.8. The minimum atomic E-state index is -0.213. The van der Waals surface area contributed by atoms with Gasteiger partial charge in [0, 0.05) is 44.5 Å². The highest BCUT2D eigenvalue weighted by atomic mass is 16.2. The minimum absolute atomic E-state index is 0.173. The first-order valence-corrected chi connectivity index (χ1v) is 12.0. The summed E-state index contributed by atoms with van der Waals surface area (Å²) in [6.45, 7) is 3.34. The molecule has 174 valence electrons. The number of carbonyl (C=O) groups is 3. The number of amides is 3. The van der Waals surface area contributed by atoms with E-state index in [9.17, 15) is 14.4 Å². The molecule has 3 amide bonds. The molecule has 1 fully saturated rings. The number of hydrogen-bond acceptors (Lipinski definition) is 5. The SMILES string of the molecule is O=C(CCCCCN1C(=O)c2ccccc2C1=O)N1CCN(c2ccc3ccccc3n2)CC1. The smallest absolute Gasteiger partial charge is 0.261 e. The van der Waals surface area contributed by atoms with Gasteiger partial charge in [0.2, 0.25) is 5.91 Å². The second kappa shape index (κ2) is 9.63. The summed E-state index contributed by atoms with van der Waals surface area (Å²) in [5.41, 5.74) is 1.96. The highest BCUT2D eigenvalue weighted by Gasteiger charge is 2.34. The molecule has 0 saturated carbocycles. The van der Waals surface area contributed by atoms with E-state index in [0.717, 1.165) is 42.7 Å². The number of piperazine rings is 1. The van der Waals surface area contributed by atoms with Crippen molar-refractivity contribution in [3.8, 4) is 0 Å². The molecule has 5 rings (SSSR count). The molecule has 0 spiro atoms. The highest BCUT2D eigenvalue weighted by molar-refractivity contribution is 6.21. The zero-order valence-electron chi connectivity index (χ0n) is 19.2. The Kier molecular flexibility index (Phi) is 6.25. The number of rotatable bonds is 7. The van der Waals surface area contributed by atoms with Crippen molar-refractivity contribution in [1.82, 2.24) is 14.8 Å². The van der Waals surface area contributed by atoms with E-state index in [1.54, 1.807) is 24.3 Å². The molecular weight excluding hydrogens is 428 g/mol. The molecule has 7 heteroatoms. The van der Waals surface area contributed by atoms with Gasteiger partial charge in [-0.15, -0.1) is 0 Å². The van der Waals surface area contributed by atoms with E-state index in [1.165, 1.54) is 4.90 Å². The van der Waals surface area contributed by atoms with Gasteiger partial charge >= 0.3 is 0 Å². The van der Waals surface area contributed by atoms with Gasteiger partial charge in [0.05, 0.1) is 16.6 Å². The predicted molar refractivity (Wildman–Crippen MR) is 131 cm³/mol. The lowest BCUT2D eigenvalue weighted by atomic mass is 10.1. The van der Waals surface area contributed by atoms with Gasteiger partial charge in [-0.3, -0.25) is 19.3 Å². The maximum absolute atomic E-state index is 12.7. The van der Waals surface area contributed by atoms with Crippen LogP contribution in [0.2, 0.25) is 0 Å². The highest BCUT2D eigenvalue weighted by Crippen LogP contribution is 2.23. The first-order chi connectivity index (χ1) is 16.6.